The first-order valence-electron chi connectivity index (χ1n) is 6.98. The Bertz CT molecular complexity index is 412. The number of hydrogen-bond donors (Lipinski definition) is 1. The van der Waals surface area contributed by atoms with Gasteiger partial charge in [-0.2, -0.15) is 0 Å². The maximum atomic E-state index is 8.83. The lowest BCUT2D eigenvalue weighted by Crippen LogP contribution is -2.72. The number of hydrogen-bond acceptors (Lipinski definition) is 4. The Balaban J connectivity index is 1.65. The van der Waals surface area contributed by atoms with Gasteiger partial charge in [-0.25, -0.2) is 0 Å². The van der Waals surface area contributed by atoms with E-state index in [0.29, 0.717) is 24.7 Å². The number of rotatable bonds is 5. The SMILES string of the molecule is CN1CC2C[C@H](C1COCO)N2Cc1ccccc1. The van der Waals surface area contributed by atoms with Crippen LogP contribution in [0.15, 0.2) is 30.3 Å². The van der Waals surface area contributed by atoms with Gasteiger partial charge < -0.3 is 9.84 Å². The minimum absolute atomic E-state index is 0.181. The molecule has 3 saturated heterocycles. The molecule has 3 heterocycles. The lowest BCUT2D eigenvalue weighted by atomic mass is 9.81. The molecule has 1 aromatic carbocycles. The van der Waals surface area contributed by atoms with E-state index in [1.165, 1.54) is 12.0 Å². The summed E-state index contributed by atoms with van der Waals surface area (Å²) in [5.74, 6) is 0. The summed E-state index contributed by atoms with van der Waals surface area (Å²) in [4.78, 5) is 4.96. The largest absolute Gasteiger partial charge is 0.371 e. The Morgan fingerprint density at radius 1 is 1.32 bits per heavy atom. The van der Waals surface area contributed by atoms with Crippen LogP contribution in [0.4, 0.5) is 0 Å². The van der Waals surface area contributed by atoms with Crippen molar-refractivity contribution in [2.24, 2.45) is 0 Å². The molecule has 1 aromatic rings. The van der Waals surface area contributed by atoms with Crippen molar-refractivity contribution in [1.29, 1.82) is 0 Å². The molecule has 3 fully saturated rings. The molecular weight excluding hydrogens is 240 g/mol. The van der Waals surface area contributed by atoms with E-state index >= 15 is 0 Å². The highest BCUT2D eigenvalue weighted by molar-refractivity contribution is 5.17. The summed E-state index contributed by atoms with van der Waals surface area (Å²) in [6.07, 6.45) is 1.26. The van der Waals surface area contributed by atoms with E-state index in [-0.39, 0.29) is 6.79 Å². The van der Waals surface area contributed by atoms with Crippen molar-refractivity contribution in [3.8, 4) is 0 Å². The molecule has 0 aromatic heterocycles. The van der Waals surface area contributed by atoms with Crippen LogP contribution >= 0.6 is 0 Å². The van der Waals surface area contributed by atoms with E-state index in [1.807, 2.05) is 0 Å². The lowest BCUT2D eigenvalue weighted by molar-refractivity contribution is -0.134. The lowest BCUT2D eigenvalue weighted by Gasteiger charge is -2.60. The molecule has 1 N–H and O–H groups in total. The quantitative estimate of drug-likeness (QED) is 0.800. The second-order valence-electron chi connectivity index (χ2n) is 5.62. The maximum Gasteiger partial charge on any atom is 0.143 e. The van der Waals surface area contributed by atoms with Crippen LogP contribution in [0.25, 0.3) is 0 Å². The van der Waals surface area contributed by atoms with E-state index in [2.05, 4.69) is 47.2 Å². The number of benzene rings is 1. The topological polar surface area (TPSA) is 35.9 Å². The zero-order valence-electron chi connectivity index (χ0n) is 11.4. The number of piperazine rings is 1. The minimum atomic E-state index is -0.181. The second kappa shape index (κ2) is 5.59. The van der Waals surface area contributed by atoms with E-state index in [1.54, 1.807) is 0 Å². The molecular formula is C15H22N2O2. The Hall–Kier alpha value is -0.940. The highest BCUT2D eigenvalue weighted by atomic mass is 16.6. The van der Waals surface area contributed by atoms with Crippen molar-refractivity contribution in [2.45, 2.75) is 31.1 Å². The zero-order valence-corrected chi connectivity index (χ0v) is 11.4. The first kappa shape index (κ1) is 13.1. The number of aliphatic hydroxyl groups excluding tert-OH is 1. The van der Waals surface area contributed by atoms with Crippen LogP contribution in [0.1, 0.15) is 12.0 Å². The van der Waals surface area contributed by atoms with E-state index < -0.39 is 0 Å². The van der Waals surface area contributed by atoms with Crippen LogP contribution in [0, 0.1) is 0 Å². The van der Waals surface area contributed by atoms with Gasteiger partial charge in [0.2, 0.25) is 0 Å². The van der Waals surface area contributed by atoms with E-state index in [9.17, 15) is 0 Å². The predicted molar refractivity (Wildman–Crippen MR) is 73.6 cm³/mol. The third kappa shape index (κ3) is 2.54. The monoisotopic (exact) mass is 262 g/mol. The molecule has 104 valence electrons. The molecule has 4 nitrogen and oxygen atoms in total. The van der Waals surface area contributed by atoms with Crippen LogP contribution in [0.2, 0.25) is 0 Å². The molecule has 0 aliphatic carbocycles. The number of aliphatic hydroxyl groups is 1. The fourth-order valence-electron chi connectivity index (χ4n) is 3.45. The Morgan fingerprint density at radius 3 is 2.84 bits per heavy atom. The molecule has 0 amide bonds. The molecule has 0 spiro atoms. The zero-order chi connectivity index (χ0) is 13.2. The molecule has 0 saturated carbocycles. The number of ether oxygens (including phenoxy) is 1. The Labute approximate surface area is 114 Å². The van der Waals surface area contributed by atoms with Crippen LogP contribution in [0.3, 0.4) is 0 Å². The fraction of sp³-hybridized carbons (Fsp3) is 0.600. The first-order chi connectivity index (χ1) is 9.29. The third-order valence-electron chi connectivity index (χ3n) is 4.51. The van der Waals surface area contributed by atoms with Gasteiger partial charge in [0, 0.05) is 31.2 Å². The number of fused-ring (bicyclic) bond motifs is 2. The first-order valence-corrected chi connectivity index (χ1v) is 6.98. The third-order valence-corrected chi connectivity index (χ3v) is 4.51. The predicted octanol–water partition coefficient (Wildman–Crippen LogP) is 0.910. The molecule has 3 aliphatic heterocycles. The van der Waals surface area contributed by atoms with Gasteiger partial charge in [-0.15, -0.1) is 0 Å². The summed E-state index contributed by atoms with van der Waals surface area (Å²) in [5, 5.41) is 8.83. The van der Waals surface area contributed by atoms with Gasteiger partial charge in [0.25, 0.3) is 0 Å². The second-order valence-corrected chi connectivity index (χ2v) is 5.62. The summed E-state index contributed by atoms with van der Waals surface area (Å²) < 4.78 is 5.22. The molecule has 2 unspecified atom stereocenters. The van der Waals surface area contributed by atoms with Crippen LogP contribution < -0.4 is 0 Å². The number of likely N-dealkylation sites (N-methyl/N-ethyl adjacent to an activating group) is 1. The Kier molecular flexibility index (Phi) is 3.84. The number of piperidine rings is 1. The van der Waals surface area contributed by atoms with Crippen molar-refractivity contribution < 1.29 is 9.84 Å². The highest BCUT2D eigenvalue weighted by Crippen LogP contribution is 2.37. The van der Waals surface area contributed by atoms with Crippen molar-refractivity contribution in [2.75, 3.05) is 27.0 Å². The minimum Gasteiger partial charge on any atom is -0.371 e. The van der Waals surface area contributed by atoms with Gasteiger partial charge in [0.15, 0.2) is 0 Å². The highest BCUT2D eigenvalue weighted by Gasteiger charge is 2.49. The van der Waals surface area contributed by atoms with Gasteiger partial charge in [0.05, 0.1) is 6.61 Å². The van der Waals surface area contributed by atoms with Gasteiger partial charge in [-0.05, 0) is 19.0 Å². The van der Waals surface area contributed by atoms with Gasteiger partial charge in [0.1, 0.15) is 6.79 Å². The summed E-state index contributed by atoms with van der Waals surface area (Å²) in [6, 6.07) is 12.3. The molecule has 0 radical (unpaired) electrons. The molecule has 4 heteroatoms. The van der Waals surface area contributed by atoms with Crippen LogP contribution in [-0.4, -0.2) is 60.0 Å². The smallest absolute Gasteiger partial charge is 0.143 e. The van der Waals surface area contributed by atoms with Crippen LogP contribution in [0.5, 0.6) is 0 Å². The van der Waals surface area contributed by atoms with Crippen molar-refractivity contribution >= 4 is 0 Å². The molecule has 4 rings (SSSR count). The number of nitrogens with zero attached hydrogens (tertiary/aromatic N) is 2. The molecule has 3 aliphatic rings. The van der Waals surface area contributed by atoms with Crippen molar-refractivity contribution in [3.05, 3.63) is 35.9 Å². The fourth-order valence-corrected chi connectivity index (χ4v) is 3.45. The van der Waals surface area contributed by atoms with Crippen LogP contribution in [-0.2, 0) is 11.3 Å². The summed E-state index contributed by atoms with van der Waals surface area (Å²) in [6.45, 7) is 2.57. The van der Waals surface area contributed by atoms with E-state index in [4.69, 9.17) is 9.84 Å². The summed E-state index contributed by atoms with van der Waals surface area (Å²) in [7, 11) is 2.16. The maximum absolute atomic E-state index is 8.83. The van der Waals surface area contributed by atoms with E-state index in [0.717, 1.165) is 13.1 Å². The Morgan fingerprint density at radius 2 is 2.11 bits per heavy atom. The standard InChI is InChI=1S/C15H22N2O2/c1-16-9-13-7-14(15(16)10-19-11-18)17(13)8-12-5-3-2-4-6-12/h2-6,13-15,18H,7-11H2,1H3/t13?,14-,15?/m1/s1. The summed E-state index contributed by atoms with van der Waals surface area (Å²) in [5.41, 5.74) is 1.38. The average Bonchev–Trinajstić information content (AvgIpc) is 2.44. The van der Waals surface area contributed by atoms with Crippen molar-refractivity contribution in [1.82, 2.24) is 9.80 Å². The van der Waals surface area contributed by atoms with Crippen molar-refractivity contribution in [3.63, 3.8) is 0 Å². The molecule has 19 heavy (non-hydrogen) atoms. The van der Waals surface area contributed by atoms with Gasteiger partial charge in [-0.1, -0.05) is 30.3 Å². The molecule has 3 atom stereocenters. The van der Waals surface area contributed by atoms with Gasteiger partial charge in [-0.3, -0.25) is 9.80 Å². The van der Waals surface area contributed by atoms with Gasteiger partial charge >= 0.3 is 0 Å². The molecule has 2 bridgehead atoms. The average molecular weight is 262 g/mol. The summed E-state index contributed by atoms with van der Waals surface area (Å²) >= 11 is 0. The normalized spacial score (nSPS) is 31.2.